The lowest BCUT2D eigenvalue weighted by Gasteiger charge is -2.27. The molecule has 4 atom stereocenters. The van der Waals surface area contributed by atoms with Gasteiger partial charge in [-0.15, -0.1) is 0 Å². The van der Waals surface area contributed by atoms with Gasteiger partial charge in [0.25, 0.3) is 0 Å². The van der Waals surface area contributed by atoms with Crippen LogP contribution >= 0.6 is 0 Å². The van der Waals surface area contributed by atoms with E-state index in [1.807, 2.05) is 0 Å². The van der Waals surface area contributed by atoms with E-state index in [0.717, 1.165) is 24.8 Å². The van der Waals surface area contributed by atoms with Crippen LogP contribution in [-0.4, -0.2) is 6.04 Å². The van der Waals surface area contributed by atoms with Gasteiger partial charge in [-0.1, -0.05) is 105 Å². The maximum absolute atomic E-state index is 4.55. The van der Waals surface area contributed by atoms with Crippen molar-refractivity contribution >= 4 is 5.57 Å². The standard InChI is InChI=1S/C39H53N/c1-10-15-39(33-17-12-11-13-18-33)32(9)40-37(22-20-34(28(4)5)24-27(2)3)25-30(7)31(8)35-21-23-38-29(6)16-14-19-36(38)26-35/h11-13,17-18,21-26,29,32,34,39-40H,4,8,10,14-16,19-20H2,1-3,5-7,9H3/b30-25-,37-22+. The van der Waals surface area contributed by atoms with Crippen LogP contribution in [0.25, 0.3) is 5.57 Å². The van der Waals surface area contributed by atoms with Crippen LogP contribution in [-0.2, 0) is 6.42 Å². The van der Waals surface area contributed by atoms with E-state index in [-0.39, 0.29) is 0 Å². The Morgan fingerprint density at radius 2 is 1.77 bits per heavy atom. The molecular formula is C39H53N. The number of nitrogens with one attached hydrogen (secondary N) is 1. The third-order valence-electron chi connectivity index (χ3n) is 8.54. The summed E-state index contributed by atoms with van der Waals surface area (Å²) in [6.45, 7) is 24.5. The predicted octanol–water partition coefficient (Wildman–Crippen LogP) is 11.1. The minimum Gasteiger partial charge on any atom is -0.382 e. The highest BCUT2D eigenvalue weighted by Crippen LogP contribution is 2.34. The highest BCUT2D eigenvalue weighted by molar-refractivity contribution is 5.78. The van der Waals surface area contributed by atoms with E-state index in [1.165, 1.54) is 63.9 Å². The second-order valence-corrected chi connectivity index (χ2v) is 12.3. The number of hydrogen-bond donors (Lipinski definition) is 1. The summed E-state index contributed by atoms with van der Waals surface area (Å²) in [6.07, 6.45) is 14.0. The summed E-state index contributed by atoms with van der Waals surface area (Å²) in [5, 5.41) is 3.93. The lowest BCUT2D eigenvalue weighted by Crippen LogP contribution is -2.31. The fourth-order valence-corrected chi connectivity index (χ4v) is 6.10. The van der Waals surface area contributed by atoms with Gasteiger partial charge in [-0.3, -0.25) is 0 Å². The highest BCUT2D eigenvalue weighted by atomic mass is 14.9. The van der Waals surface area contributed by atoms with Gasteiger partial charge in [-0.05, 0) is 112 Å². The molecule has 0 heterocycles. The molecule has 0 spiro atoms. The monoisotopic (exact) mass is 535 g/mol. The molecule has 0 saturated heterocycles. The minimum absolute atomic E-state index is 0.294. The summed E-state index contributed by atoms with van der Waals surface area (Å²) < 4.78 is 0. The predicted molar refractivity (Wildman–Crippen MR) is 178 cm³/mol. The Labute approximate surface area is 245 Å². The zero-order valence-corrected chi connectivity index (χ0v) is 26.3. The number of fused-ring (bicyclic) bond motifs is 1. The Morgan fingerprint density at radius 1 is 1.05 bits per heavy atom. The summed E-state index contributed by atoms with van der Waals surface area (Å²) in [6, 6.07) is 18.3. The van der Waals surface area contributed by atoms with Crippen LogP contribution in [0.3, 0.4) is 0 Å². The fraction of sp³-hybridized carbons (Fsp3) is 0.436. The van der Waals surface area contributed by atoms with E-state index < -0.39 is 0 Å². The lowest BCUT2D eigenvalue weighted by atomic mass is 9.82. The van der Waals surface area contributed by atoms with Gasteiger partial charge in [0.1, 0.15) is 0 Å². The molecule has 3 rings (SSSR count). The van der Waals surface area contributed by atoms with E-state index in [1.54, 1.807) is 0 Å². The van der Waals surface area contributed by atoms with Gasteiger partial charge in [0.05, 0.1) is 0 Å². The molecule has 214 valence electrons. The molecular weight excluding hydrogens is 482 g/mol. The Hall–Kier alpha value is -3.06. The largest absolute Gasteiger partial charge is 0.382 e. The third-order valence-corrected chi connectivity index (χ3v) is 8.54. The fourth-order valence-electron chi connectivity index (χ4n) is 6.10. The Morgan fingerprint density at radius 3 is 2.42 bits per heavy atom. The van der Waals surface area contributed by atoms with Crippen molar-refractivity contribution in [3.05, 3.63) is 125 Å². The maximum Gasteiger partial charge on any atom is 0.0305 e. The van der Waals surface area contributed by atoms with Crippen LogP contribution in [0.2, 0.25) is 0 Å². The number of rotatable bonds is 13. The molecule has 0 fully saturated rings. The number of benzene rings is 2. The number of allylic oxidation sites excluding steroid dienone is 7. The van der Waals surface area contributed by atoms with Crippen LogP contribution in [0.4, 0.5) is 0 Å². The summed E-state index contributed by atoms with van der Waals surface area (Å²) in [5.41, 5.74) is 11.7. The van der Waals surface area contributed by atoms with Crippen LogP contribution in [0, 0.1) is 5.92 Å². The van der Waals surface area contributed by atoms with Crippen LogP contribution < -0.4 is 5.32 Å². The summed E-state index contributed by atoms with van der Waals surface area (Å²) in [5.74, 6) is 1.44. The first-order valence-corrected chi connectivity index (χ1v) is 15.4. The van der Waals surface area contributed by atoms with Crippen molar-refractivity contribution in [2.45, 2.75) is 105 Å². The number of aryl methyl sites for hydroxylation is 1. The normalized spacial score (nSPS) is 17.8. The molecule has 0 aliphatic heterocycles. The van der Waals surface area contributed by atoms with E-state index in [4.69, 9.17) is 0 Å². The second-order valence-electron chi connectivity index (χ2n) is 12.3. The molecule has 1 heteroatoms. The lowest BCUT2D eigenvalue weighted by molar-refractivity contribution is 0.469. The van der Waals surface area contributed by atoms with E-state index in [2.05, 4.69) is 134 Å². The molecule has 4 unspecified atom stereocenters. The first kappa shape index (κ1) is 31.5. The maximum atomic E-state index is 4.55. The molecule has 0 saturated carbocycles. The Bertz CT molecular complexity index is 1230. The molecule has 0 radical (unpaired) electrons. The van der Waals surface area contributed by atoms with Crippen molar-refractivity contribution in [3.8, 4) is 0 Å². The summed E-state index contributed by atoms with van der Waals surface area (Å²) in [4.78, 5) is 0. The van der Waals surface area contributed by atoms with Crippen molar-refractivity contribution in [3.63, 3.8) is 0 Å². The van der Waals surface area contributed by atoms with Crippen molar-refractivity contribution in [1.29, 1.82) is 0 Å². The van der Waals surface area contributed by atoms with Gasteiger partial charge in [0, 0.05) is 23.6 Å². The highest BCUT2D eigenvalue weighted by Gasteiger charge is 2.20. The summed E-state index contributed by atoms with van der Waals surface area (Å²) in [7, 11) is 0. The zero-order valence-electron chi connectivity index (χ0n) is 26.3. The minimum atomic E-state index is 0.294. The van der Waals surface area contributed by atoms with Gasteiger partial charge in [0.15, 0.2) is 0 Å². The molecule has 0 amide bonds. The van der Waals surface area contributed by atoms with Gasteiger partial charge >= 0.3 is 0 Å². The first-order valence-electron chi connectivity index (χ1n) is 15.4. The molecule has 40 heavy (non-hydrogen) atoms. The van der Waals surface area contributed by atoms with E-state index in [9.17, 15) is 0 Å². The van der Waals surface area contributed by atoms with Crippen molar-refractivity contribution in [2.24, 2.45) is 5.92 Å². The summed E-state index contributed by atoms with van der Waals surface area (Å²) >= 11 is 0. The number of hydrogen-bond acceptors (Lipinski definition) is 1. The van der Waals surface area contributed by atoms with Gasteiger partial charge in [0.2, 0.25) is 0 Å². The molecule has 1 nitrogen and oxygen atoms in total. The zero-order chi connectivity index (χ0) is 29.2. The Kier molecular flexibility index (Phi) is 11.9. The quantitative estimate of drug-likeness (QED) is 0.199. The molecule has 0 aromatic heterocycles. The van der Waals surface area contributed by atoms with Gasteiger partial charge in [-0.2, -0.15) is 0 Å². The molecule has 2 aromatic carbocycles. The van der Waals surface area contributed by atoms with Crippen LogP contribution in [0.1, 0.15) is 115 Å². The van der Waals surface area contributed by atoms with Crippen LogP contribution in [0.5, 0.6) is 0 Å². The van der Waals surface area contributed by atoms with Gasteiger partial charge < -0.3 is 5.32 Å². The van der Waals surface area contributed by atoms with E-state index in [0.29, 0.717) is 23.8 Å². The first-order chi connectivity index (χ1) is 19.1. The molecule has 1 aliphatic carbocycles. The van der Waals surface area contributed by atoms with E-state index >= 15 is 0 Å². The molecule has 1 N–H and O–H groups in total. The molecule has 1 aliphatic rings. The average Bonchev–Trinajstić information content (AvgIpc) is 2.93. The molecule has 2 aromatic rings. The SMILES string of the molecule is C=C(/C(C)=C\C(=C/CC(C=C(C)C)C(=C)C)NC(C)C(CCC)c1ccccc1)c1ccc2c(c1)CCCC2C. The van der Waals surface area contributed by atoms with Crippen molar-refractivity contribution < 1.29 is 0 Å². The van der Waals surface area contributed by atoms with Crippen molar-refractivity contribution in [2.75, 3.05) is 0 Å². The van der Waals surface area contributed by atoms with Crippen LogP contribution in [0.15, 0.2) is 102 Å². The average molecular weight is 536 g/mol. The third kappa shape index (κ3) is 8.72. The molecule has 0 bridgehead atoms. The van der Waals surface area contributed by atoms with Gasteiger partial charge in [-0.25, -0.2) is 0 Å². The Balaban J connectivity index is 1.93. The smallest absolute Gasteiger partial charge is 0.0305 e. The second kappa shape index (κ2) is 15.1. The topological polar surface area (TPSA) is 12.0 Å². The van der Waals surface area contributed by atoms with Crippen molar-refractivity contribution in [1.82, 2.24) is 5.32 Å².